The topological polar surface area (TPSA) is 102 Å². The quantitative estimate of drug-likeness (QED) is 0.440. The average molecular weight is 357 g/mol. The molecule has 1 unspecified atom stereocenters. The van der Waals surface area contributed by atoms with E-state index in [0.717, 1.165) is 17.5 Å². The minimum Gasteiger partial charge on any atom is -0.410 e. The number of carbonyl (C=O) groups is 2. The third-order valence-electron chi connectivity index (χ3n) is 3.77. The molecule has 7 nitrogen and oxygen atoms in total. The second kappa shape index (κ2) is 7.88. The highest BCUT2D eigenvalue weighted by Crippen LogP contribution is 2.56. The Balaban J connectivity index is 1.89. The van der Waals surface area contributed by atoms with Crippen molar-refractivity contribution in [1.82, 2.24) is 9.99 Å². The molecule has 1 aliphatic rings. The summed E-state index contributed by atoms with van der Waals surface area (Å²) in [5.41, 5.74) is 6.51. The number of halogens is 1. The van der Waals surface area contributed by atoms with Crippen LogP contribution in [0.5, 0.6) is 5.75 Å². The van der Waals surface area contributed by atoms with Crippen molar-refractivity contribution in [3.63, 3.8) is 0 Å². The number of unbranched alkanes of at least 4 members (excludes halogenated alkanes) is 1. The maximum Gasteiger partial charge on any atom is 0.499 e. The second-order valence-electron chi connectivity index (χ2n) is 5.73. The molecule has 1 aromatic rings. The Morgan fingerprint density at radius 1 is 1.54 bits per heavy atom. The molecular formula is C15H21FN3O4P. The van der Waals surface area contributed by atoms with Gasteiger partial charge in [-0.3, -0.25) is 4.79 Å². The minimum atomic E-state index is -4.29. The highest BCUT2D eigenvalue weighted by molar-refractivity contribution is 7.51. The Kier molecular flexibility index (Phi) is 6.10. The molecule has 9 heteroatoms. The number of nitrogens with two attached hydrogens (primary N) is 1. The summed E-state index contributed by atoms with van der Waals surface area (Å²) < 4.78 is 31.1. The molecule has 0 bridgehead atoms. The number of hydrogen-bond donors (Lipinski definition) is 2. The van der Waals surface area contributed by atoms with Crippen molar-refractivity contribution in [2.75, 3.05) is 13.6 Å². The van der Waals surface area contributed by atoms with E-state index < -0.39 is 13.9 Å². The van der Waals surface area contributed by atoms with Crippen LogP contribution in [0.25, 0.3) is 0 Å². The number of fused-ring (bicyclic) bond motifs is 1. The first-order valence-corrected chi connectivity index (χ1v) is 9.13. The zero-order valence-electron chi connectivity index (χ0n) is 13.4. The van der Waals surface area contributed by atoms with Gasteiger partial charge in [0.05, 0.1) is 6.04 Å². The van der Waals surface area contributed by atoms with Gasteiger partial charge in [-0.1, -0.05) is 0 Å². The normalized spacial score (nSPS) is 21.5. The predicted octanol–water partition coefficient (Wildman–Crippen LogP) is 2.01. The van der Waals surface area contributed by atoms with Crippen LogP contribution in [-0.4, -0.2) is 36.5 Å². The first kappa shape index (κ1) is 18.6. The van der Waals surface area contributed by atoms with Gasteiger partial charge in [-0.15, -0.1) is 4.20 Å². The van der Waals surface area contributed by atoms with Crippen molar-refractivity contribution in [2.24, 2.45) is 5.73 Å². The highest BCUT2D eigenvalue weighted by Gasteiger charge is 2.36. The van der Waals surface area contributed by atoms with Gasteiger partial charge in [-0.05, 0) is 44.5 Å². The van der Waals surface area contributed by atoms with Gasteiger partial charge in [0.2, 0.25) is 0 Å². The summed E-state index contributed by atoms with van der Waals surface area (Å²) in [5.74, 6) is -0.0625. The van der Waals surface area contributed by atoms with Crippen molar-refractivity contribution in [2.45, 2.75) is 31.8 Å². The van der Waals surface area contributed by atoms with Crippen LogP contribution in [0.4, 0.5) is 4.20 Å². The third kappa shape index (κ3) is 4.63. The van der Waals surface area contributed by atoms with E-state index in [1.165, 1.54) is 19.2 Å². The van der Waals surface area contributed by atoms with Gasteiger partial charge in [0, 0.05) is 24.2 Å². The van der Waals surface area contributed by atoms with E-state index in [4.69, 9.17) is 10.3 Å². The molecule has 0 saturated heterocycles. The summed E-state index contributed by atoms with van der Waals surface area (Å²) in [6.07, 6.45) is 2.76. The molecule has 2 atom stereocenters. The van der Waals surface area contributed by atoms with Crippen LogP contribution in [0.1, 0.15) is 35.2 Å². The molecule has 1 amide bonds. The zero-order valence-corrected chi connectivity index (χ0v) is 14.3. The highest BCUT2D eigenvalue weighted by atomic mass is 31.2. The molecule has 2 rings (SSSR count). The number of carbonyl (C=O) groups excluding carboxylic acids is 2. The molecule has 1 aromatic carbocycles. The number of amides is 1. The first-order chi connectivity index (χ1) is 11.3. The van der Waals surface area contributed by atoms with Crippen molar-refractivity contribution in [3.8, 4) is 5.75 Å². The Morgan fingerprint density at radius 3 is 3.00 bits per heavy atom. The van der Waals surface area contributed by atoms with Crippen molar-refractivity contribution in [3.05, 3.63) is 29.3 Å². The molecule has 24 heavy (non-hydrogen) atoms. The summed E-state index contributed by atoms with van der Waals surface area (Å²) in [5, 5.41) is 2.77. The molecule has 1 heterocycles. The Bertz CT molecular complexity index is 670. The molecular weight excluding hydrogens is 336 g/mol. The molecule has 0 spiro atoms. The van der Waals surface area contributed by atoms with Gasteiger partial charge in [-0.2, -0.15) is 4.67 Å². The lowest BCUT2D eigenvalue weighted by Gasteiger charge is -2.28. The monoisotopic (exact) mass is 357 g/mol. The second-order valence-corrected chi connectivity index (χ2v) is 7.50. The lowest BCUT2D eigenvalue weighted by atomic mass is 10.1. The van der Waals surface area contributed by atoms with Gasteiger partial charge in [0.1, 0.15) is 12.0 Å². The van der Waals surface area contributed by atoms with Gasteiger partial charge in [0.15, 0.2) is 0 Å². The predicted molar refractivity (Wildman–Crippen MR) is 87.5 cm³/mol. The van der Waals surface area contributed by atoms with E-state index in [1.54, 1.807) is 6.07 Å². The SMILES string of the molecule is CN1Cc2cc(C(=O)NCCCC[C@H](N)C=O)ccc2OP1(=O)F. The van der Waals surface area contributed by atoms with Gasteiger partial charge < -0.3 is 20.4 Å². The van der Waals surface area contributed by atoms with Gasteiger partial charge >= 0.3 is 7.83 Å². The maximum absolute atomic E-state index is 13.7. The summed E-state index contributed by atoms with van der Waals surface area (Å²) >= 11 is 0. The Hall–Kier alpha value is -1.76. The number of rotatable bonds is 7. The minimum absolute atomic E-state index is 0.105. The summed E-state index contributed by atoms with van der Waals surface area (Å²) in [6, 6.07) is 4.10. The van der Waals surface area contributed by atoms with Crippen LogP contribution < -0.4 is 15.6 Å². The van der Waals surface area contributed by atoms with Crippen LogP contribution in [0, 0.1) is 0 Å². The summed E-state index contributed by atoms with van der Waals surface area (Å²) in [4.78, 5) is 22.5. The van der Waals surface area contributed by atoms with E-state index >= 15 is 0 Å². The fraction of sp³-hybridized carbons (Fsp3) is 0.467. The largest absolute Gasteiger partial charge is 0.499 e. The number of nitrogens with one attached hydrogen (secondary N) is 1. The number of hydrogen-bond acceptors (Lipinski definition) is 5. The molecule has 132 valence electrons. The molecule has 0 aliphatic carbocycles. The number of benzene rings is 1. The molecule has 0 saturated carbocycles. The van der Waals surface area contributed by atoms with Crippen molar-refractivity contribution < 1.29 is 22.9 Å². The fourth-order valence-electron chi connectivity index (χ4n) is 2.33. The standard InChI is InChI=1S/C15H21FN3O4P/c1-19-9-12-8-11(5-6-14(12)23-24(19,16)22)15(21)18-7-3-2-4-13(17)10-20/h5-6,8,10,13H,2-4,7,9,17H2,1H3,(H,18,21)/t13-,24?/m0/s1. The van der Waals surface area contributed by atoms with Crippen molar-refractivity contribution in [1.29, 1.82) is 0 Å². The van der Waals surface area contributed by atoms with Gasteiger partial charge in [0.25, 0.3) is 5.91 Å². The molecule has 1 aliphatic heterocycles. The molecule has 0 aromatic heterocycles. The maximum atomic E-state index is 13.7. The van der Waals surface area contributed by atoms with Crippen LogP contribution in [0.15, 0.2) is 18.2 Å². The average Bonchev–Trinajstić information content (AvgIpc) is 2.54. The first-order valence-electron chi connectivity index (χ1n) is 7.66. The van der Waals surface area contributed by atoms with E-state index in [1.807, 2.05) is 0 Å². The third-order valence-corrected chi connectivity index (χ3v) is 5.14. The van der Waals surface area contributed by atoms with E-state index in [-0.39, 0.29) is 18.2 Å². The lowest BCUT2D eigenvalue weighted by molar-refractivity contribution is -0.109. The van der Waals surface area contributed by atoms with Crippen LogP contribution in [0.2, 0.25) is 0 Å². The number of aldehydes is 1. The zero-order chi connectivity index (χ0) is 17.7. The number of nitrogens with zero attached hydrogens (tertiary/aromatic N) is 1. The van der Waals surface area contributed by atoms with E-state index in [2.05, 4.69) is 5.32 Å². The summed E-state index contributed by atoms with van der Waals surface area (Å²) in [6.45, 7) is 0.575. The lowest BCUT2D eigenvalue weighted by Crippen LogP contribution is -2.26. The Morgan fingerprint density at radius 2 is 2.29 bits per heavy atom. The van der Waals surface area contributed by atoms with E-state index in [9.17, 15) is 18.4 Å². The van der Waals surface area contributed by atoms with Crippen LogP contribution in [0.3, 0.4) is 0 Å². The Labute approximate surface area is 140 Å². The van der Waals surface area contributed by atoms with Crippen LogP contribution in [-0.2, 0) is 15.9 Å². The smallest absolute Gasteiger partial charge is 0.410 e. The molecule has 0 fully saturated rings. The van der Waals surface area contributed by atoms with Crippen molar-refractivity contribution >= 4 is 20.0 Å². The summed E-state index contributed by atoms with van der Waals surface area (Å²) in [7, 11) is -2.93. The van der Waals surface area contributed by atoms with Gasteiger partial charge in [-0.25, -0.2) is 4.57 Å². The molecule has 0 radical (unpaired) electrons. The molecule has 3 N–H and O–H groups in total. The van der Waals surface area contributed by atoms with Crippen LogP contribution >= 0.6 is 7.83 Å². The fourth-order valence-corrected chi connectivity index (χ4v) is 3.21. The van der Waals surface area contributed by atoms with E-state index in [0.29, 0.717) is 30.4 Å².